The molecule has 0 aliphatic carbocycles. The summed E-state index contributed by atoms with van der Waals surface area (Å²) in [6.07, 6.45) is 0. The Morgan fingerprint density at radius 2 is 2.10 bits per heavy atom. The van der Waals surface area contributed by atoms with Crippen molar-refractivity contribution in [2.24, 2.45) is 0 Å². The highest BCUT2D eigenvalue weighted by molar-refractivity contribution is 9.10. The largest absolute Gasteiger partial charge is 0.478 e. The van der Waals surface area contributed by atoms with E-state index in [-0.39, 0.29) is 5.82 Å². The molecule has 0 atom stereocenters. The third-order valence-corrected chi connectivity index (χ3v) is 4.80. The monoisotopic (exact) mass is 354 g/mol. The van der Waals surface area contributed by atoms with E-state index in [9.17, 15) is 9.18 Å². The van der Waals surface area contributed by atoms with Crippen LogP contribution in [0.25, 0.3) is 0 Å². The standard InChI is InChI=1S/C15H12BrFO2S/c1-9-5-6-11(7-12(9)15(18)19)20-8-10-3-2-4-13(17)14(10)16/h2-7H,8H2,1H3,(H,18,19). The lowest BCUT2D eigenvalue weighted by atomic mass is 10.1. The molecule has 0 aromatic heterocycles. The Balaban J connectivity index is 2.17. The van der Waals surface area contributed by atoms with Crippen molar-refractivity contribution in [2.75, 3.05) is 0 Å². The van der Waals surface area contributed by atoms with Crippen molar-refractivity contribution in [3.63, 3.8) is 0 Å². The lowest BCUT2D eigenvalue weighted by molar-refractivity contribution is 0.0696. The second kappa shape index (κ2) is 6.41. The normalized spacial score (nSPS) is 10.6. The number of carboxylic acid groups (broad SMARTS) is 1. The minimum atomic E-state index is -0.933. The lowest BCUT2D eigenvalue weighted by Crippen LogP contribution is -1.99. The Morgan fingerprint density at radius 3 is 2.80 bits per heavy atom. The van der Waals surface area contributed by atoms with Gasteiger partial charge in [0, 0.05) is 10.6 Å². The molecule has 104 valence electrons. The summed E-state index contributed by atoms with van der Waals surface area (Å²) in [4.78, 5) is 11.9. The van der Waals surface area contributed by atoms with Gasteiger partial charge in [-0.15, -0.1) is 11.8 Å². The average molecular weight is 355 g/mol. The molecule has 0 saturated heterocycles. The van der Waals surface area contributed by atoms with Gasteiger partial charge in [0.05, 0.1) is 10.0 Å². The second-order valence-electron chi connectivity index (χ2n) is 4.28. The SMILES string of the molecule is Cc1ccc(SCc2cccc(F)c2Br)cc1C(=O)O. The van der Waals surface area contributed by atoms with E-state index in [1.54, 1.807) is 25.1 Å². The molecule has 2 rings (SSSR count). The summed E-state index contributed by atoms with van der Waals surface area (Å²) >= 11 is 4.70. The molecule has 5 heteroatoms. The Kier molecular flexibility index (Phi) is 4.83. The van der Waals surface area contributed by atoms with Crippen LogP contribution in [0, 0.1) is 12.7 Å². The number of rotatable bonds is 4. The van der Waals surface area contributed by atoms with Gasteiger partial charge in [-0.25, -0.2) is 9.18 Å². The second-order valence-corrected chi connectivity index (χ2v) is 6.13. The van der Waals surface area contributed by atoms with E-state index in [0.29, 0.717) is 15.8 Å². The van der Waals surface area contributed by atoms with Gasteiger partial charge in [-0.1, -0.05) is 18.2 Å². The molecule has 20 heavy (non-hydrogen) atoms. The number of aromatic carboxylic acids is 1. The summed E-state index contributed by atoms with van der Waals surface area (Å²) in [5.74, 6) is -0.657. The first-order chi connectivity index (χ1) is 9.49. The average Bonchev–Trinajstić information content (AvgIpc) is 2.41. The smallest absolute Gasteiger partial charge is 0.335 e. The van der Waals surface area contributed by atoms with E-state index in [0.717, 1.165) is 16.0 Å². The molecule has 2 nitrogen and oxygen atoms in total. The highest BCUT2D eigenvalue weighted by Crippen LogP contribution is 2.29. The Labute approximate surface area is 129 Å². The zero-order chi connectivity index (χ0) is 14.7. The molecule has 2 aromatic carbocycles. The molecule has 0 unspecified atom stereocenters. The molecule has 0 radical (unpaired) electrons. The molecule has 0 aliphatic rings. The van der Waals surface area contributed by atoms with Crippen LogP contribution in [0.15, 0.2) is 45.8 Å². The number of aryl methyl sites for hydroxylation is 1. The number of hydrogen-bond acceptors (Lipinski definition) is 2. The fourth-order valence-electron chi connectivity index (χ4n) is 1.74. The van der Waals surface area contributed by atoms with Crippen molar-refractivity contribution in [1.29, 1.82) is 0 Å². The third-order valence-electron chi connectivity index (χ3n) is 2.87. The number of halogens is 2. The summed E-state index contributed by atoms with van der Waals surface area (Å²) in [7, 11) is 0. The van der Waals surface area contributed by atoms with Gasteiger partial charge in [0.25, 0.3) is 0 Å². The molecule has 0 heterocycles. The predicted octanol–water partition coefficient (Wildman–Crippen LogP) is 4.89. The van der Waals surface area contributed by atoms with Crippen LogP contribution in [0.5, 0.6) is 0 Å². The quantitative estimate of drug-likeness (QED) is 0.794. The zero-order valence-corrected chi connectivity index (χ0v) is 13.1. The minimum Gasteiger partial charge on any atom is -0.478 e. The van der Waals surface area contributed by atoms with Gasteiger partial charge in [0.15, 0.2) is 0 Å². The van der Waals surface area contributed by atoms with Gasteiger partial charge in [-0.3, -0.25) is 0 Å². The third kappa shape index (κ3) is 3.41. The lowest BCUT2D eigenvalue weighted by Gasteiger charge is -2.07. The maximum Gasteiger partial charge on any atom is 0.335 e. The van der Waals surface area contributed by atoms with E-state index in [2.05, 4.69) is 15.9 Å². The zero-order valence-electron chi connectivity index (χ0n) is 10.7. The Morgan fingerprint density at radius 1 is 1.35 bits per heavy atom. The Bertz CT molecular complexity index is 658. The molecule has 0 aliphatic heterocycles. The molecule has 0 spiro atoms. The van der Waals surface area contributed by atoms with Crippen LogP contribution in [0.2, 0.25) is 0 Å². The summed E-state index contributed by atoms with van der Waals surface area (Å²) in [6, 6.07) is 10.2. The molecule has 2 aromatic rings. The summed E-state index contributed by atoms with van der Waals surface area (Å²) < 4.78 is 13.9. The molecular weight excluding hydrogens is 343 g/mol. The van der Waals surface area contributed by atoms with Crippen LogP contribution in [0.3, 0.4) is 0 Å². The van der Waals surface area contributed by atoms with Crippen LogP contribution in [-0.4, -0.2) is 11.1 Å². The fourth-order valence-corrected chi connectivity index (χ4v) is 3.26. The number of carbonyl (C=O) groups is 1. The molecular formula is C15H12BrFO2S. The van der Waals surface area contributed by atoms with Crippen molar-refractivity contribution in [3.05, 3.63) is 63.4 Å². The fraction of sp³-hybridized carbons (Fsp3) is 0.133. The summed E-state index contributed by atoms with van der Waals surface area (Å²) in [5.41, 5.74) is 1.87. The number of carboxylic acids is 1. The summed E-state index contributed by atoms with van der Waals surface area (Å²) in [5, 5.41) is 9.09. The van der Waals surface area contributed by atoms with Crippen molar-refractivity contribution in [1.82, 2.24) is 0 Å². The number of hydrogen-bond donors (Lipinski definition) is 1. The maximum absolute atomic E-state index is 13.4. The first kappa shape index (κ1) is 15.1. The van der Waals surface area contributed by atoms with E-state index in [1.807, 2.05) is 12.1 Å². The van der Waals surface area contributed by atoms with E-state index >= 15 is 0 Å². The molecule has 0 bridgehead atoms. The topological polar surface area (TPSA) is 37.3 Å². The van der Waals surface area contributed by atoms with E-state index in [1.165, 1.54) is 17.8 Å². The summed E-state index contributed by atoms with van der Waals surface area (Å²) in [6.45, 7) is 1.76. The minimum absolute atomic E-state index is 0.293. The van der Waals surface area contributed by atoms with Crippen LogP contribution in [0.4, 0.5) is 4.39 Å². The van der Waals surface area contributed by atoms with Crippen LogP contribution >= 0.6 is 27.7 Å². The van der Waals surface area contributed by atoms with Crippen LogP contribution in [0.1, 0.15) is 21.5 Å². The highest BCUT2D eigenvalue weighted by Gasteiger charge is 2.09. The van der Waals surface area contributed by atoms with Gasteiger partial charge in [-0.2, -0.15) is 0 Å². The van der Waals surface area contributed by atoms with Gasteiger partial charge >= 0.3 is 5.97 Å². The Hall–Kier alpha value is -1.33. The van der Waals surface area contributed by atoms with Crippen molar-refractivity contribution in [3.8, 4) is 0 Å². The number of thioether (sulfide) groups is 1. The van der Waals surface area contributed by atoms with Crippen LogP contribution < -0.4 is 0 Å². The van der Waals surface area contributed by atoms with E-state index in [4.69, 9.17) is 5.11 Å². The molecule has 0 saturated carbocycles. The van der Waals surface area contributed by atoms with Gasteiger partial charge in [0.1, 0.15) is 5.82 Å². The molecule has 0 amide bonds. The molecule has 1 N–H and O–H groups in total. The van der Waals surface area contributed by atoms with Crippen molar-refractivity contribution >= 4 is 33.7 Å². The first-order valence-corrected chi connectivity index (χ1v) is 7.66. The van der Waals surface area contributed by atoms with E-state index < -0.39 is 5.97 Å². The number of benzene rings is 2. The predicted molar refractivity (Wildman–Crippen MR) is 81.8 cm³/mol. The van der Waals surface area contributed by atoms with Crippen molar-refractivity contribution < 1.29 is 14.3 Å². The first-order valence-electron chi connectivity index (χ1n) is 5.88. The highest BCUT2D eigenvalue weighted by atomic mass is 79.9. The molecule has 0 fully saturated rings. The van der Waals surface area contributed by atoms with Crippen LogP contribution in [-0.2, 0) is 5.75 Å². The van der Waals surface area contributed by atoms with Gasteiger partial charge in [0.2, 0.25) is 0 Å². The van der Waals surface area contributed by atoms with Gasteiger partial charge < -0.3 is 5.11 Å². The van der Waals surface area contributed by atoms with Gasteiger partial charge in [-0.05, 0) is 52.2 Å². The van der Waals surface area contributed by atoms with Crippen molar-refractivity contribution in [2.45, 2.75) is 17.6 Å². The maximum atomic E-state index is 13.4.